The van der Waals surface area contributed by atoms with Crippen molar-refractivity contribution in [2.75, 3.05) is 0 Å². The van der Waals surface area contributed by atoms with Gasteiger partial charge in [-0.1, -0.05) is 34.1 Å². The summed E-state index contributed by atoms with van der Waals surface area (Å²) in [5, 5.41) is 0. The first kappa shape index (κ1) is 13.1. The Bertz CT molecular complexity index is 299. The zero-order valence-corrected chi connectivity index (χ0v) is 11.0. The monoisotopic (exact) mass is 221 g/mol. The van der Waals surface area contributed by atoms with E-state index in [1.165, 1.54) is 12.8 Å². The van der Waals surface area contributed by atoms with E-state index in [1.807, 2.05) is 0 Å². The minimum Gasteiger partial charge on any atom is -0.218 e. The highest BCUT2D eigenvalue weighted by Crippen LogP contribution is 2.08. The quantitative estimate of drug-likeness (QED) is 0.741. The van der Waals surface area contributed by atoms with Crippen LogP contribution in [0, 0.1) is 5.92 Å². The molecule has 0 aliphatic heterocycles. The van der Waals surface area contributed by atoms with E-state index in [1.54, 1.807) is 0 Å². The first-order valence-corrected chi connectivity index (χ1v) is 6.38. The maximum Gasteiger partial charge on any atom is 0.132 e. The highest BCUT2D eigenvalue weighted by atomic mass is 15.0. The molecule has 0 fully saturated rings. The lowest BCUT2D eigenvalue weighted by molar-refractivity contribution is 0.546. The molecule has 1 aromatic heterocycles. The van der Waals surface area contributed by atoms with Gasteiger partial charge in [-0.2, -0.15) is 0 Å². The zero-order chi connectivity index (χ0) is 12.0. The van der Waals surface area contributed by atoms with Crippen molar-refractivity contribution >= 4 is 0 Å². The normalized spacial score (nSPS) is 11.1. The Morgan fingerprint density at radius 2 is 1.38 bits per heavy atom. The van der Waals surface area contributed by atoms with E-state index in [-0.39, 0.29) is 0 Å². The van der Waals surface area contributed by atoms with Gasteiger partial charge < -0.3 is 0 Å². The van der Waals surface area contributed by atoms with Crippen molar-refractivity contribution in [2.45, 2.75) is 59.8 Å². The van der Waals surface area contributed by atoms with Crippen LogP contribution >= 0.6 is 0 Å². The highest BCUT2D eigenvalue weighted by molar-refractivity contribution is 4.97. The zero-order valence-electron chi connectivity index (χ0n) is 11.0. The van der Waals surface area contributed by atoms with Crippen LogP contribution in [0.25, 0.3) is 0 Å². The molecule has 0 aliphatic carbocycles. The highest BCUT2D eigenvalue weighted by Gasteiger charge is 2.04. The second-order valence-electron chi connectivity index (χ2n) is 4.58. The van der Waals surface area contributed by atoms with Crippen molar-refractivity contribution in [3.05, 3.63) is 17.5 Å². The lowest BCUT2D eigenvalue weighted by Gasteiger charge is -2.06. The lowest BCUT2D eigenvalue weighted by atomic mass is 10.1. The molecular formula is C13H23N3. The summed E-state index contributed by atoms with van der Waals surface area (Å²) in [6, 6.07) is 0. The van der Waals surface area contributed by atoms with Crippen LogP contribution in [-0.4, -0.2) is 15.0 Å². The summed E-state index contributed by atoms with van der Waals surface area (Å²) in [6.45, 7) is 8.68. The fraction of sp³-hybridized carbons (Fsp3) is 0.769. The first-order valence-electron chi connectivity index (χ1n) is 6.38. The Balaban J connectivity index is 2.64. The summed E-state index contributed by atoms with van der Waals surface area (Å²) in [4.78, 5) is 13.3. The molecule has 0 aliphatic rings. The Morgan fingerprint density at radius 3 is 1.81 bits per heavy atom. The molecule has 0 saturated heterocycles. The molecular weight excluding hydrogens is 198 g/mol. The number of hydrogen-bond acceptors (Lipinski definition) is 3. The largest absolute Gasteiger partial charge is 0.218 e. The Kier molecular flexibility index (Phi) is 5.36. The van der Waals surface area contributed by atoms with Gasteiger partial charge in [-0.15, -0.1) is 0 Å². The van der Waals surface area contributed by atoms with E-state index in [0.717, 1.165) is 42.7 Å². The van der Waals surface area contributed by atoms with Gasteiger partial charge in [-0.3, -0.25) is 0 Å². The van der Waals surface area contributed by atoms with E-state index in [9.17, 15) is 0 Å². The molecule has 1 heterocycles. The maximum absolute atomic E-state index is 4.47. The molecule has 1 aromatic rings. The average molecular weight is 221 g/mol. The number of aryl methyl sites for hydroxylation is 3. The van der Waals surface area contributed by atoms with Crippen LogP contribution in [0.15, 0.2) is 0 Å². The van der Waals surface area contributed by atoms with Crippen LogP contribution in [0.2, 0.25) is 0 Å². The molecule has 0 aromatic carbocycles. The fourth-order valence-corrected chi connectivity index (χ4v) is 1.62. The van der Waals surface area contributed by atoms with Gasteiger partial charge >= 0.3 is 0 Å². The van der Waals surface area contributed by atoms with E-state index in [2.05, 4.69) is 42.6 Å². The molecule has 90 valence electrons. The van der Waals surface area contributed by atoms with Gasteiger partial charge in [0.2, 0.25) is 0 Å². The standard InChI is InChI=1S/C13H23N3/c1-5-11-14-12(6-2)16-13(15-11)9-7-8-10(3)4/h10H,5-9H2,1-4H3. The Morgan fingerprint density at radius 1 is 0.875 bits per heavy atom. The van der Waals surface area contributed by atoms with Crippen LogP contribution in [0.3, 0.4) is 0 Å². The second-order valence-corrected chi connectivity index (χ2v) is 4.58. The molecule has 0 unspecified atom stereocenters. The molecule has 0 amide bonds. The van der Waals surface area contributed by atoms with Gasteiger partial charge in [-0.05, 0) is 12.3 Å². The third-order valence-corrected chi connectivity index (χ3v) is 2.59. The molecule has 0 N–H and O–H groups in total. The maximum atomic E-state index is 4.47. The van der Waals surface area contributed by atoms with E-state index < -0.39 is 0 Å². The lowest BCUT2D eigenvalue weighted by Crippen LogP contribution is -2.07. The molecule has 16 heavy (non-hydrogen) atoms. The van der Waals surface area contributed by atoms with Crippen molar-refractivity contribution < 1.29 is 0 Å². The summed E-state index contributed by atoms with van der Waals surface area (Å²) >= 11 is 0. The third-order valence-electron chi connectivity index (χ3n) is 2.59. The minimum atomic E-state index is 0.762. The van der Waals surface area contributed by atoms with Crippen LogP contribution < -0.4 is 0 Å². The molecule has 3 heteroatoms. The SMILES string of the molecule is CCc1nc(CC)nc(CCCC(C)C)n1. The van der Waals surface area contributed by atoms with Crippen molar-refractivity contribution in [3.8, 4) is 0 Å². The summed E-state index contributed by atoms with van der Waals surface area (Å²) in [7, 11) is 0. The summed E-state index contributed by atoms with van der Waals surface area (Å²) in [6.07, 6.45) is 5.20. The predicted molar refractivity (Wildman–Crippen MR) is 66.4 cm³/mol. The molecule has 0 radical (unpaired) electrons. The topological polar surface area (TPSA) is 38.7 Å². The van der Waals surface area contributed by atoms with Gasteiger partial charge in [0.05, 0.1) is 0 Å². The van der Waals surface area contributed by atoms with Crippen LogP contribution in [0.4, 0.5) is 0 Å². The van der Waals surface area contributed by atoms with E-state index >= 15 is 0 Å². The smallest absolute Gasteiger partial charge is 0.132 e. The average Bonchev–Trinajstić information content (AvgIpc) is 2.28. The Hall–Kier alpha value is -0.990. The van der Waals surface area contributed by atoms with Gasteiger partial charge in [0.15, 0.2) is 0 Å². The first-order chi connectivity index (χ1) is 7.65. The van der Waals surface area contributed by atoms with Crippen LogP contribution in [0.5, 0.6) is 0 Å². The molecule has 0 bridgehead atoms. The van der Waals surface area contributed by atoms with Gasteiger partial charge in [0.25, 0.3) is 0 Å². The van der Waals surface area contributed by atoms with Gasteiger partial charge in [0.1, 0.15) is 17.5 Å². The predicted octanol–water partition coefficient (Wildman–Crippen LogP) is 2.98. The van der Waals surface area contributed by atoms with E-state index in [4.69, 9.17) is 0 Å². The number of rotatable bonds is 6. The molecule has 0 atom stereocenters. The van der Waals surface area contributed by atoms with Crippen LogP contribution in [0.1, 0.15) is 58.0 Å². The van der Waals surface area contributed by atoms with Gasteiger partial charge in [0, 0.05) is 19.3 Å². The molecule has 0 spiro atoms. The van der Waals surface area contributed by atoms with Crippen molar-refractivity contribution in [1.82, 2.24) is 15.0 Å². The third kappa shape index (κ3) is 4.25. The molecule has 0 saturated carbocycles. The summed E-state index contributed by atoms with van der Waals surface area (Å²) < 4.78 is 0. The minimum absolute atomic E-state index is 0.762. The number of nitrogens with zero attached hydrogens (tertiary/aromatic N) is 3. The fourth-order valence-electron chi connectivity index (χ4n) is 1.62. The summed E-state index contributed by atoms with van der Waals surface area (Å²) in [5.74, 6) is 3.61. The Labute approximate surface area is 98.7 Å². The molecule has 1 rings (SSSR count). The van der Waals surface area contributed by atoms with Gasteiger partial charge in [-0.25, -0.2) is 15.0 Å². The van der Waals surface area contributed by atoms with E-state index in [0.29, 0.717) is 0 Å². The van der Waals surface area contributed by atoms with Crippen molar-refractivity contribution in [3.63, 3.8) is 0 Å². The van der Waals surface area contributed by atoms with Crippen molar-refractivity contribution in [1.29, 1.82) is 0 Å². The summed E-state index contributed by atoms with van der Waals surface area (Å²) in [5.41, 5.74) is 0. The van der Waals surface area contributed by atoms with Crippen LogP contribution in [-0.2, 0) is 19.3 Å². The number of aromatic nitrogens is 3. The number of hydrogen-bond donors (Lipinski definition) is 0. The van der Waals surface area contributed by atoms with Crippen molar-refractivity contribution in [2.24, 2.45) is 5.92 Å². The molecule has 3 nitrogen and oxygen atoms in total. The second kappa shape index (κ2) is 6.56.